The summed E-state index contributed by atoms with van der Waals surface area (Å²) in [6.07, 6.45) is -4.62. The molecule has 0 radical (unpaired) electrons. The van der Waals surface area contributed by atoms with Gasteiger partial charge in [-0.3, -0.25) is 4.79 Å². The third-order valence-corrected chi connectivity index (χ3v) is 5.76. The van der Waals surface area contributed by atoms with Gasteiger partial charge in [0.2, 0.25) is 0 Å². The molecule has 2 aromatic carbocycles. The summed E-state index contributed by atoms with van der Waals surface area (Å²) in [5, 5.41) is 6.04. The number of amides is 1. The Labute approximate surface area is 169 Å². The Morgan fingerprint density at radius 3 is 2.61 bits per heavy atom. The highest BCUT2D eigenvalue weighted by Gasteiger charge is 2.35. The second-order valence-electron chi connectivity index (χ2n) is 7.31. The molecule has 2 N–H and O–H groups in total. The molecule has 28 heavy (non-hydrogen) atoms. The highest BCUT2D eigenvalue weighted by Crippen LogP contribution is 2.39. The van der Waals surface area contributed by atoms with Crippen LogP contribution in [0.3, 0.4) is 0 Å². The predicted molar refractivity (Wildman–Crippen MR) is 105 cm³/mol. The summed E-state index contributed by atoms with van der Waals surface area (Å²) in [5.41, 5.74) is 1.55. The number of hydrogen-bond donors (Lipinski definition) is 2. The number of halogens is 4. The number of alkyl halides is 3. The molecular formula is C20H20BrF3N2O2. The van der Waals surface area contributed by atoms with Crippen molar-refractivity contribution in [2.24, 2.45) is 0 Å². The van der Waals surface area contributed by atoms with Gasteiger partial charge in [-0.15, -0.1) is 0 Å². The van der Waals surface area contributed by atoms with Gasteiger partial charge in [-0.1, -0.05) is 19.9 Å². The second-order valence-corrected chi connectivity index (χ2v) is 8.10. The fourth-order valence-corrected chi connectivity index (χ4v) is 3.97. The summed E-state index contributed by atoms with van der Waals surface area (Å²) in [6.45, 7) is 5.73. The first-order valence-corrected chi connectivity index (χ1v) is 9.43. The minimum Gasteiger partial charge on any atom is -0.496 e. The summed E-state index contributed by atoms with van der Waals surface area (Å²) in [5.74, 6) is -0.954. The highest BCUT2D eigenvalue weighted by atomic mass is 79.9. The molecule has 0 saturated carbocycles. The van der Waals surface area contributed by atoms with E-state index in [0.717, 1.165) is 35.8 Å². The van der Waals surface area contributed by atoms with Crippen LogP contribution in [0, 0.1) is 0 Å². The van der Waals surface area contributed by atoms with Crippen LogP contribution in [0.2, 0.25) is 0 Å². The Kier molecular flexibility index (Phi) is 5.46. The van der Waals surface area contributed by atoms with Crippen molar-refractivity contribution in [3.05, 3.63) is 57.1 Å². The zero-order chi connectivity index (χ0) is 20.7. The lowest BCUT2D eigenvalue weighted by Gasteiger charge is -2.34. The lowest BCUT2D eigenvalue weighted by molar-refractivity contribution is -0.138. The summed E-state index contributed by atoms with van der Waals surface area (Å²) in [4.78, 5) is 12.6. The second kappa shape index (κ2) is 7.40. The normalized spacial score (nSPS) is 15.7. The number of methoxy groups -OCH3 is 1. The van der Waals surface area contributed by atoms with Gasteiger partial charge in [0, 0.05) is 28.5 Å². The molecule has 0 saturated heterocycles. The number of nitrogens with one attached hydrogen (secondary N) is 2. The molecule has 0 spiro atoms. The molecule has 1 heterocycles. The molecule has 0 atom stereocenters. The van der Waals surface area contributed by atoms with E-state index in [0.29, 0.717) is 12.2 Å². The van der Waals surface area contributed by atoms with E-state index in [1.807, 2.05) is 6.07 Å². The Hall–Kier alpha value is -2.06. The topological polar surface area (TPSA) is 50.4 Å². The Morgan fingerprint density at radius 2 is 1.96 bits per heavy atom. The van der Waals surface area contributed by atoms with Gasteiger partial charge in [-0.2, -0.15) is 13.2 Å². The third kappa shape index (κ3) is 3.89. The van der Waals surface area contributed by atoms with Crippen LogP contribution in [0.4, 0.5) is 18.9 Å². The molecule has 4 nitrogen and oxygen atoms in total. The number of rotatable bonds is 3. The predicted octanol–water partition coefficient (Wildman–Crippen LogP) is 5.11. The summed E-state index contributed by atoms with van der Waals surface area (Å²) < 4.78 is 45.1. The standard InChI is InChI=1S/C20H20BrF3N2O2/c1-19(2)10-25-9-12-13(19)5-6-15(17(12)21)26-18(27)11-4-7-16(28-3)14(8-11)20(22,23)24/h4-8,25H,9-10H2,1-3H3,(H,26,27). The quantitative estimate of drug-likeness (QED) is 0.674. The van der Waals surface area contributed by atoms with E-state index in [-0.39, 0.29) is 16.7 Å². The minimum atomic E-state index is -4.62. The van der Waals surface area contributed by atoms with Crippen LogP contribution in [0.15, 0.2) is 34.8 Å². The zero-order valence-corrected chi connectivity index (χ0v) is 17.2. The van der Waals surface area contributed by atoms with Crippen LogP contribution in [-0.4, -0.2) is 19.6 Å². The number of hydrogen-bond acceptors (Lipinski definition) is 3. The molecular weight excluding hydrogens is 437 g/mol. The van der Waals surface area contributed by atoms with E-state index in [2.05, 4.69) is 40.4 Å². The van der Waals surface area contributed by atoms with Crippen molar-refractivity contribution in [1.82, 2.24) is 5.32 Å². The average Bonchev–Trinajstić information content (AvgIpc) is 2.62. The summed E-state index contributed by atoms with van der Waals surface area (Å²) in [7, 11) is 1.16. The molecule has 3 rings (SSSR count). The minimum absolute atomic E-state index is 0.0593. The van der Waals surface area contributed by atoms with Crippen molar-refractivity contribution < 1.29 is 22.7 Å². The molecule has 1 aliphatic heterocycles. The fraction of sp³-hybridized carbons (Fsp3) is 0.350. The van der Waals surface area contributed by atoms with Crippen LogP contribution in [0.1, 0.15) is 40.9 Å². The molecule has 0 fully saturated rings. The van der Waals surface area contributed by atoms with E-state index in [9.17, 15) is 18.0 Å². The number of carbonyl (C=O) groups is 1. The van der Waals surface area contributed by atoms with Crippen molar-refractivity contribution in [2.45, 2.75) is 32.0 Å². The number of carbonyl (C=O) groups excluding carboxylic acids is 1. The molecule has 8 heteroatoms. The molecule has 0 aromatic heterocycles. The van der Waals surface area contributed by atoms with Crippen molar-refractivity contribution in [2.75, 3.05) is 19.0 Å². The van der Waals surface area contributed by atoms with Gasteiger partial charge in [-0.25, -0.2) is 0 Å². The monoisotopic (exact) mass is 456 g/mol. The maximum absolute atomic E-state index is 13.2. The van der Waals surface area contributed by atoms with Crippen molar-refractivity contribution in [3.63, 3.8) is 0 Å². The maximum atomic E-state index is 13.2. The Balaban J connectivity index is 1.92. The first-order chi connectivity index (χ1) is 13.0. The first kappa shape index (κ1) is 20.7. The highest BCUT2D eigenvalue weighted by molar-refractivity contribution is 9.10. The number of fused-ring (bicyclic) bond motifs is 1. The third-order valence-electron chi connectivity index (χ3n) is 4.86. The van der Waals surface area contributed by atoms with Crippen LogP contribution >= 0.6 is 15.9 Å². The van der Waals surface area contributed by atoms with Gasteiger partial charge in [0.15, 0.2) is 0 Å². The lowest BCUT2D eigenvalue weighted by Crippen LogP contribution is -2.39. The van der Waals surface area contributed by atoms with Gasteiger partial charge < -0.3 is 15.4 Å². The van der Waals surface area contributed by atoms with Crippen LogP contribution in [0.5, 0.6) is 5.75 Å². The van der Waals surface area contributed by atoms with Gasteiger partial charge in [-0.05, 0) is 51.3 Å². The van der Waals surface area contributed by atoms with Gasteiger partial charge in [0.25, 0.3) is 5.91 Å². The van der Waals surface area contributed by atoms with Crippen molar-refractivity contribution in [3.8, 4) is 5.75 Å². The summed E-state index contributed by atoms with van der Waals surface area (Å²) in [6, 6.07) is 6.96. The van der Waals surface area contributed by atoms with E-state index in [1.165, 1.54) is 11.6 Å². The molecule has 0 aliphatic carbocycles. The average molecular weight is 457 g/mol. The zero-order valence-electron chi connectivity index (χ0n) is 15.6. The van der Waals surface area contributed by atoms with Crippen LogP contribution in [0.25, 0.3) is 0 Å². The Morgan fingerprint density at radius 1 is 1.25 bits per heavy atom. The number of benzene rings is 2. The molecule has 2 aromatic rings. The molecule has 1 amide bonds. The summed E-state index contributed by atoms with van der Waals surface area (Å²) >= 11 is 3.53. The number of anilines is 1. The molecule has 0 unspecified atom stereocenters. The van der Waals surface area contributed by atoms with Crippen molar-refractivity contribution in [1.29, 1.82) is 0 Å². The van der Waals surface area contributed by atoms with E-state index >= 15 is 0 Å². The molecule has 1 aliphatic rings. The van der Waals surface area contributed by atoms with Crippen LogP contribution in [-0.2, 0) is 18.1 Å². The first-order valence-electron chi connectivity index (χ1n) is 8.64. The van der Waals surface area contributed by atoms with E-state index in [4.69, 9.17) is 4.74 Å². The molecule has 0 bridgehead atoms. The molecule has 150 valence electrons. The largest absolute Gasteiger partial charge is 0.496 e. The van der Waals surface area contributed by atoms with E-state index in [1.54, 1.807) is 6.07 Å². The van der Waals surface area contributed by atoms with Crippen LogP contribution < -0.4 is 15.4 Å². The fourth-order valence-electron chi connectivity index (χ4n) is 3.39. The van der Waals surface area contributed by atoms with Gasteiger partial charge in [0.1, 0.15) is 5.75 Å². The lowest BCUT2D eigenvalue weighted by atomic mass is 9.79. The van der Waals surface area contributed by atoms with Crippen molar-refractivity contribution >= 4 is 27.5 Å². The SMILES string of the molecule is COc1ccc(C(=O)Nc2ccc3c(c2Br)CNCC3(C)C)cc1C(F)(F)F. The van der Waals surface area contributed by atoms with Gasteiger partial charge >= 0.3 is 6.18 Å². The maximum Gasteiger partial charge on any atom is 0.419 e. The Bertz CT molecular complexity index is 926. The van der Waals surface area contributed by atoms with Gasteiger partial charge in [0.05, 0.1) is 18.4 Å². The smallest absolute Gasteiger partial charge is 0.419 e. The van der Waals surface area contributed by atoms with E-state index < -0.39 is 17.6 Å². The number of ether oxygens (including phenoxy) is 1.